The van der Waals surface area contributed by atoms with E-state index in [1.807, 2.05) is 4.90 Å². The summed E-state index contributed by atoms with van der Waals surface area (Å²) in [5.74, 6) is -3.08. The number of hydrogen-bond acceptors (Lipinski definition) is 4. The van der Waals surface area contributed by atoms with Crippen molar-refractivity contribution in [2.75, 3.05) is 43.6 Å². The number of fused-ring (bicyclic) bond motifs is 1. The van der Waals surface area contributed by atoms with E-state index < -0.39 is 23.4 Å². The summed E-state index contributed by atoms with van der Waals surface area (Å²) in [6, 6.07) is 6.27. The normalized spacial score (nSPS) is 16.3. The molecule has 1 saturated heterocycles. The standard InChI is InChI=1S/C22H22F3N3O3/c1-30-6-7-31-14-4-5-28(12-14)21-3-2-13(8-18(21)25)22(29)27-20-11-26-19-10-17(24)16(23)9-15(19)20/h2-3,8-11,14,26H,4-7,12H2,1H3,(H,27,29). The van der Waals surface area contributed by atoms with Gasteiger partial charge in [0.25, 0.3) is 5.91 Å². The van der Waals surface area contributed by atoms with Crippen molar-refractivity contribution < 1.29 is 27.4 Å². The Balaban J connectivity index is 1.45. The van der Waals surface area contributed by atoms with Crippen LogP contribution in [0.15, 0.2) is 36.5 Å². The van der Waals surface area contributed by atoms with Crippen LogP contribution in [0.3, 0.4) is 0 Å². The van der Waals surface area contributed by atoms with Crippen molar-refractivity contribution >= 4 is 28.2 Å². The van der Waals surface area contributed by atoms with Crippen molar-refractivity contribution in [1.29, 1.82) is 0 Å². The quantitative estimate of drug-likeness (QED) is 0.551. The summed E-state index contributed by atoms with van der Waals surface area (Å²) in [6.07, 6.45) is 2.22. The van der Waals surface area contributed by atoms with E-state index >= 15 is 0 Å². The highest BCUT2D eigenvalue weighted by Crippen LogP contribution is 2.28. The Morgan fingerprint density at radius 3 is 2.74 bits per heavy atom. The highest BCUT2D eigenvalue weighted by Gasteiger charge is 2.25. The molecule has 1 unspecified atom stereocenters. The number of anilines is 2. The summed E-state index contributed by atoms with van der Waals surface area (Å²) in [4.78, 5) is 17.2. The largest absolute Gasteiger partial charge is 0.382 e. The van der Waals surface area contributed by atoms with Crippen LogP contribution in [0.25, 0.3) is 10.9 Å². The molecular weight excluding hydrogens is 411 g/mol. The van der Waals surface area contributed by atoms with Gasteiger partial charge in [0.15, 0.2) is 11.6 Å². The van der Waals surface area contributed by atoms with Gasteiger partial charge in [0.05, 0.1) is 36.2 Å². The number of carbonyl (C=O) groups is 1. The van der Waals surface area contributed by atoms with Crippen LogP contribution in [-0.2, 0) is 9.47 Å². The number of rotatable bonds is 7. The Morgan fingerprint density at radius 2 is 1.97 bits per heavy atom. The van der Waals surface area contributed by atoms with E-state index in [0.29, 0.717) is 42.9 Å². The number of nitrogens with one attached hydrogen (secondary N) is 2. The summed E-state index contributed by atoms with van der Waals surface area (Å²) in [7, 11) is 1.61. The Bertz CT molecular complexity index is 1100. The Morgan fingerprint density at radius 1 is 1.16 bits per heavy atom. The van der Waals surface area contributed by atoms with Crippen molar-refractivity contribution in [3.63, 3.8) is 0 Å². The van der Waals surface area contributed by atoms with Crippen molar-refractivity contribution in [1.82, 2.24) is 4.98 Å². The minimum absolute atomic E-state index is 0.00429. The molecule has 1 aliphatic rings. The lowest BCUT2D eigenvalue weighted by Crippen LogP contribution is -2.24. The molecule has 1 aliphatic heterocycles. The predicted octanol–water partition coefficient (Wildman–Crippen LogP) is 4.08. The lowest BCUT2D eigenvalue weighted by molar-refractivity contribution is 0.0280. The number of aromatic nitrogens is 1. The first-order valence-corrected chi connectivity index (χ1v) is 9.89. The molecule has 0 spiro atoms. The van der Waals surface area contributed by atoms with Gasteiger partial charge >= 0.3 is 0 Å². The summed E-state index contributed by atoms with van der Waals surface area (Å²) >= 11 is 0. The van der Waals surface area contributed by atoms with Crippen LogP contribution in [0.2, 0.25) is 0 Å². The maximum atomic E-state index is 14.7. The van der Waals surface area contributed by atoms with Gasteiger partial charge < -0.3 is 24.7 Å². The third kappa shape index (κ3) is 4.52. The van der Waals surface area contributed by atoms with Crippen LogP contribution in [-0.4, -0.2) is 50.4 Å². The Hall–Kier alpha value is -3.04. The van der Waals surface area contributed by atoms with Gasteiger partial charge in [0.1, 0.15) is 5.82 Å². The van der Waals surface area contributed by atoms with Gasteiger partial charge in [-0.15, -0.1) is 0 Å². The van der Waals surface area contributed by atoms with Crippen LogP contribution in [0, 0.1) is 17.5 Å². The summed E-state index contributed by atoms with van der Waals surface area (Å²) in [5.41, 5.74) is 1.13. The monoisotopic (exact) mass is 433 g/mol. The number of nitrogens with zero attached hydrogens (tertiary/aromatic N) is 1. The third-order valence-electron chi connectivity index (χ3n) is 5.31. The van der Waals surface area contributed by atoms with Crippen LogP contribution >= 0.6 is 0 Å². The van der Waals surface area contributed by atoms with E-state index in [0.717, 1.165) is 18.6 Å². The lowest BCUT2D eigenvalue weighted by Gasteiger charge is -2.20. The average molecular weight is 433 g/mol. The minimum Gasteiger partial charge on any atom is -0.382 e. The zero-order valence-electron chi connectivity index (χ0n) is 16.9. The van der Waals surface area contributed by atoms with E-state index in [9.17, 15) is 18.0 Å². The summed E-state index contributed by atoms with van der Waals surface area (Å²) in [5, 5.41) is 2.93. The average Bonchev–Trinajstić information content (AvgIpc) is 3.36. The molecule has 2 N–H and O–H groups in total. The fourth-order valence-corrected chi connectivity index (χ4v) is 3.70. The zero-order chi connectivity index (χ0) is 22.0. The molecule has 0 saturated carbocycles. The van der Waals surface area contributed by atoms with E-state index in [-0.39, 0.29) is 17.4 Å². The summed E-state index contributed by atoms with van der Waals surface area (Å²) < 4.78 is 52.3. The molecule has 2 heterocycles. The molecule has 164 valence electrons. The van der Waals surface area contributed by atoms with Crippen LogP contribution < -0.4 is 10.2 Å². The highest BCUT2D eigenvalue weighted by atomic mass is 19.2. The van der Waals surface area contributed by atoms with Gasteiger partial charge in [-0.05, 0) is 30.7 Å². The number of carbonyl (C=O) groups excluding carboxylic acids is 1. The fourth-order valence-electron chi connectivity index (χ4n) is 3.70. The molecule has 1 fully saturated rings. The van der Waals surface area contributed by atoms with Crippen molar-refractivity contribution in [3.8, 4) is 0 Å². The van der Waals surface area contributed by atoms with Crippen LogP contribution in [0.1, 0.15) is 16.8 Å². The number of amides is 1. The molecule has 4 rings (SSSR count). The topological polar surface area (TPSA) is 66.6 Å². The maximum absolute atomic E-state index is 14.7. The molecule has 1 atom stereocenters. The molecule has 0 aliphatic carbocycles. The first-order chi connectivity index (χ1) is 15.0. The lowest BCUT2D eigenvalue weighted by atomic mass is 10.1. The van der Waals surface area contributed by atoms with Crippen LogP contribution in [0.5, 0.6) is 0 Å². The van der Waals surface area contributed by atoms with Crippen molar-refractivity contribution in [3.05, 3.63) is 59.5 Å². The SMILES string of the molecule is COCCOC1CCN(c2ccc(C(=O)Nc3c[nH]c4cc(F)c(F)cc34)cc2F)C1. The second-order valence-electron chi connectivity index (χ2n) is 7.35. The van der Waals surface area contributed by atoms with Gasteiger partial charge in [0, 0.05) is 43.4 Å². The second kappa shape index (κ2) is 8.99. The number of methoxy groups -OCH3 is 1. The minimum atomic E-state index is -1.02. The van der Waals surface area contributed by atoms with Crippen molar-refractivity contribution in [2.45, 2.75) is 12.5 Å². The number of aromatic amines is 1. The smallest absolute Gasteiger partial charge is 0.255 e. The maximum Gasteiger partial charge on any atom is 0.255 e. The number of hydrogen-bond donors (Lipinski definition) is 2. The first kappa shape index (κ1) is 21.2. The third-order valence-corrected chi connectivity index (χ3v) is 5.31. The first-order valence-electron chi connectivity index (χ1n) is 9.89. The van der Waals surface area contributed by atoms with Gasteiger partial charge in [0.2, 0.25) is 0 Å². The molecule has 1 amide bonds. The number of benzene rings is 2. The molecule has 6 nitrogen and oxygen atoms in total. The molecular formula is C22H22F3N3O3. The fraction of sp³-hybridized carbons (Fsp3) is 0.318. The van der Waals surface area contributed by atoms with E-state index in [4.69, 9.17) is 9.47 Å². The number of H-pyrrole nitrogens is 1. The molecule has 9 heteroatoms. The second-order valence-corrected chi connectivity index (χ2v) is 7.35. The molecule has 2 aromatic carbocycles. The van der Waals surface area contributed by atoms with E-state index in [1.54, 1.807) is 13.2 Å². The number of ether oxygens (including phenoxy) is 2. The van der Waals surface area contributed by atoms with E-state index in [1.165, 1.54) is 18.3 Å². The highest BCUT2D eigenvalue weighted by molar-refractivity contribution is 6.09. The molecule has 0 radical (unpaired) electrons. The predicted molar refractivity (Wildman–Crippen MR) is 111 cm³/mol. The molecule has 1 aromatic heterocycles. The molecule has 31 heavy (non-hydrogen) atoms. The molecule has 3 aromatic rings. The van der Waals surface area contributed by atoms with Crippen LogP contribution in [0.4, 0.5) is 24.5 Å². The van der Waals surface area contributed by atoms with Crippen molar-refractivity contribution in [2.24, 2.45) is 0 Å². The van der Waals surface area contributed by atoms with Gasteiger partial charge in [-0.25, -0.2) is 13.2 Å². The van der Waals surface area contributed by atoms with E-state index in [2.05, 4.69) is 10.3 Å². The molecule has 0 bridgehead atoms. The number of halogens is 3. The Labute approximate surface area is 176 Å². The zero-order valence-corrected chi connectivity index (χ0v) is 16.9. The van der Waals surface area contributed by atoms with Gasteiger partial charge in [-0.2, -0.15) is 0 Å². The summed E-state index contributed by atoms with van der Waals surface area (Å²) in [6.45, 7) is 2.20. The van der Waals surface area contributed by atoms with Gasteiger partial charge in [-0.3, -0.25) is 4.79 Å². The van der Waals surface area contributed by atoms with Gasteiger partial charge in [-0.1, -0.05) is 0 Å². The Kier molecular flexibility index (Phi) is 6.15.